The Hall–Kier alpha value is -1.20. The van der Waals surface area contributed by atoms with Crippen molar-refractivity contribution >= 4 is 40.9 Å². The standard InChI is InChI=1S/C23H26Cl2N2OS/c1-29-22-6-4-5-17-18(22)9-12-27(21(17)15-26-10-2-3-11-26)23(28)14-16-7-8-19(24)20(25)13-16/h4-8,13,21H,2-3,9-12,14-15H2,1H3/t21-/m1/s1. The topological polar surface area (TPSA) is 23.6 Å². The van der Waals surface area contributed by atoms with Crippen LogP contribution in [-0.2, 0) is 17.6 Å². The summed E-state index contributed by atoms with van der Waals surface area (Å²) in [5.41, 5.74) is 3.65. The SMILES string of the molecule is CSc1cccc2c1CCN(C(=O)Cc1ccc(Cl)c(Cl)c1)[C@@H]2CN1CCCC1. The molecule has 0 radical (unpaired) electrons. The van der Waals surface area contributed by atoms with Crippen LogP contribution < -0.4 is 0 Å². The number of hydrogen-bond acceptors (Lipinski definition) is 3. The molecule has 0 aromatic heterocycles. The first-order valence-corrected chi connectivity index (χ1v) is 12.2. The predicted molar refractivity (Wildman–Crippen MR) is 122 cm³/mol. The van der Waals surface area contributed by atoms with Gasteiger partial charge in [0, 0.05) is 18.0 Å². The first kappa shape index (κ1) is 21.0. The molecule has 1 fully saturated rings. The molecule has 6 heteroatoms. The highest BCUT2D eigenvalue weighted by Crippen LogP contribution is 2.36. The van der Waals surface area contributed by atoms with Crippen LogP contribution in [0.15, 0.2) is 41.3 Å². The van der Waals surface area contributed by atoms with E-state index < -0.39 is 0 Å². The Labute approximate surface area is 187 Å². The van der Waals surface area contributed by atoms with Gasteiger partial charge in [-0.25, -0.2) is 0 Å². The molecule has 2 aromatic rings. The van der Waals surface area contributed by atoms with Crippen molar-refractivity contribution in [3.8, 4) is 0 Å². The smallest absolute Gasteiger partial charge is 0.227 e. The molecule has 1 amide bonds. The minimum atomic E-state index is 0.110. The Balaban J connectivity index is 1.61. The third-order valence-electron chi connectivity index (χ3n) is 6.02. The summed E-state index contributed by atoms with van der Waals surface area (Å²) in [5.74, 6) is 0.160. The van der Waals surface area contributed by atoms with Gasteiger partial charge in [-0.05, 0) is 73.5 Å². The van der Waals surface area contributed by atoms with Crippen molar-refractivity contribution in [1.82, 2.24) is 9.80 Å². The van der Waals surface area contributed by atoms with E-state index in [2.05, 4.69) is 34.3 Å². The number of amides is 1. The summed E-state index contributed by atoms with van der Waals surface area (Å²) in [6.07, 6.45) is 5.90. The second-order valence-corrected chi connectivity index (χ2v) is 9.48. The van der Waals surface area contributed by atoms with E-state index in [9.17, 15) is 4.79 Å². The minimum Gasteiger partial charge on any atom is -0.334 e. The quantitative estimate of drug-likeness (QED) is 0.565. The molecule has 4 rings (SSSR count). The molecule has 0 unspecified atom stereocenters. The number of halogens is 2. The molecule has 2 heterocycles. The van der Waals surface area contributed by atoms with E-state index in [-0.39, 0.29) is 11.9 Å². The molecule has 29 heavy (non-hydrogen) atoms. The van der Waals surface area contributed by atoms with E-state index in [1.807, 2.05) is 6.07 Å². The molecule has 2 aliphatic heterocycles. The Morgan fingerprint density at radius 1 is 1.10 bits per heavy atom. The van der Waals surface area contributed by atoms with Crippen molar-refractivity contribution in [2.24, 2.45) is 0 Å². The van der Waals surface area contributed by atoms with E-state index in [4.69, 9.17) is 23.2 Å². The van der Waals surface area contributed by atoms with Gasteiger partial charge in [-0.15, -0.1) is 11.8 Å². The highest BCUT2D eigenvalue weighted by Gasteiger charge is 2.33. The molecule has 0 aliphatic carbocycles. The fourth-order valence-corrected chi connectivity index (χ4v) is 5.54. The van der Waals surface area contributed by atoms with E-state index in [0.29, 0.717) is 16.5 Å². The molecule has 0 bridgehead atoms. The van der Waals surface area contributed by atoms with Gasteiger partial charge in [0.1, 0.15) is 0 Å². The van der Waals surface area contributed by atoms with Crippen molar-refractivity contribution in [2.75, 3.05) is 32.4 Å². The van der Waals surface area contributed by atoms with Crippen molar-refractivity contribution in [1.29, 1.82) is 0 Å². The fourth-order valence-electron chi connectivity index (χ4n) is 4.54. The van der Waals surface area contributed by atoms with E-state index >= 15 is 0 Å². The van der Waals surface area contributed by atoms with Gasteiger partial charge in [-0.2, -0.15) is 0 Å². The molecular formula is C23H26Cl2N2OS. The lowest BCUT2D eigenvalue weighted by Gasteiger charge is -2.40. The lowest BCUT2D eigenvalue weighted by molar-refractivity contribution is -0.133. The number of likely N-dealkylation sites (tertiary alicyclic amines) is 1. The van der Waals surface area contributed by atoms with Crippen LogP contribution in [0.2, 0.25) is 10.0 Å². The second-order valence-electron chi connectivity index (χ2n) is 7.81. The molecule has 1 atom stereocenters. The summed E-state index contributed by atoms with van der Waals surface area (Å²) in [7, 11) is 0. The zero-order valence-electron chi connectivity index (χ0n) is 16.7. The zero-order valence-corrected chi connectivity index (χ0v) is 19.0. The van der Waals surface area contributed by atoms with Gasteiger partial charge >= 0.3 is 0 Å². The van der Waals surface area contributed by atoms with Crippen LogP contribution in [0.1, 0.15) is 35.6 Å². The van der Waals surface area contributed by atoms with Gasteiger partial charge in [0.15, 0.2) is 0 Å². The van der Waals surface area contributed by atoms with Crippen LogP contribution >= 0.6 is 35.0 Å². The summed E-state index contributed by atoms with van der Waals surface area (Å²) < 4.78 is 0. The lowest BCUT2D eigenvalue weighted by Crippen LogP contribution is -2.45. The van der Waals surface area contributed by atoms with Gasteiger partial charge < -0.3 is 9.80 Å². The Kier molecular flexibility index (Phi) is 6.75. The van der Waals surface area contributed by atoms with Gasteiger partial charge in [0.2, 0.25) is 5.91 Å². The summed E-state index contributed by atoms with van der Waals surface area (Å²) in [4.78, 5) is 19.3. The highest BCUT2D eigenvalue weighted by molar-refractivity contribution is 7.98. The first-order chi connectivity index (χ1) is 14.1. The van der Waals surface area contributed by atoms with Crippen LogP contribution in [0.3, 0.4) is 0 Å². The number of nitrogens with zero attached hydrogens (tertiary/aromatic N) is 2. The van der Waals surface area contributed by atoms with E-state index in [0.717, 1.165) is 38.2 Å². The van der Waals surface area contributed by atoms with Crippen molar-refractivity contribution < 1.29 is 4.79 Å². The summed E-state index contributed by atoms with van der Waals surface area (Å²) in [6.45, 7) is 3.94. The number of benzene rings is 2. The molecular weight excluding hydrogens is 423 g/mol. The van der Waals surface area contributed by atoms with E-state index in [1.54, 1.807) is 23.9 Å². The molecule has 1 saturated heterocycles. The fraction of sp³-hybridized carbons (Fsp3) is 0.435. The van der Waals surface area contributed by atoms with Crippen LogP contribution in [-0.4, -0.2) is 48.1 Å². The van der Waals surface area contributed by atoms with Crippen LogP contribution in [0.4, 0.5) is 0 Å². The number of rotatable bonds is 5. The number of thioether (sulfide) groups is 1. The molecule has 0 N–H and O–H groups in total. The maximum absolute atomic E-state index is 13.3. The third kappa shape index (κ3) is 4.61. The number of hydrogen-bond donors (Lipinski definition) is 0. The Morgan fingerprint density at radius 3 is 2.62 bits per heavy atom. The number of carbonyl (C=O) groups is 1. The van der Waals surface area contributed by atoms with Crippen LogP contribution in [0.5, 0.6) is 0 Å². The molecule has 0 spiro atoms. The number of carbonyl (C=O) groups excluding carboxylic acids is 1. The van der Waals surface area contributed by atoms with Crippen molar-refractivity contribution in [3.05, 3.63) is 63.1 Å². The monoisotopic (exact) mass is 448 g/mol. The maximum atomic E-state index is 13.3. The predicted octanol–water partition coefficient (Wildman–Crippen LogP) is 5.48. The number of fused-ring (bicyclic) bond motifs is 1. The van der Waals surface area contributed by atoms with Gasteiger partial charge in [-0.3, -0.25) is 4.79 Å². The van der Waals surface area contributed by atoms with E-state index in [1.165, 1.54) is 28.9 Å². The summed E-state index contributed by atoms with van der Waals surface area (Å²) in [6, 6.07) is 12.1. The second kappa shape index (κ2) is 9.30. The average molecular weight is 449 g/mol. The molecule has 3 nitrogen and oxygen atoms in total. The largest absolute Gasteiger partial charge is 0.334 e. The van der Waals surface area contributed by atoms with Gasteiger partial charge in [-0.1, -0.05) is 41.4 Å². The van der Waals surface area contributed by atoms with Crippen LogP contribution in [0, 0.1) is 0 Å². The first-order valence-electron chi connectivity index (χ1n) is 10.2. The van der Waals surface area contributed by atoms with Gasteiger partial charge in [0.25, 0.3) is 0 Å². The maximum Gasteiger partial charge on any atom is 0.227 e. The summed E-state index contributed by atoms with van der Waals surface area (Å²) >= 11 is 14.0. The van der Waals surface area contributed by atoms with Crippen LogP contribution in [0.25, 0.3) is 0 Å². The molecule has 2 aliphatic rings. The normalized spacial score (nSPS) is 19.4. The van der Waals surface area contributed by atoms with Gasteiger partial charge in [0.05, 0.1) is 22.5 Å². The zero-order chi connectivity index (χ0) is 20.4. The average Bonchev–Trinajstić information content (AvgIpc) is 3.23. The third-order valence-corrected chi connectivity index (χ3v) is 7.58. The minimum absolute atomic E-state index is 0.110. The highest BCUT2D eigenvalue weighted by atomic mass is 35.5. The molecule has 2 aromatic carbocycles. The van der Waals surface area contributed by atoms with Crippen molar-refractivity contribution in [3.63, 3.8) is 0 Å². The Bertz CT molecular complexity index is 898. The molecule has 154 valence electrons. The Morgan fingerprint density at radius 2 is 1.90 bits per heavy atom. The molecule has 0 saturated carbocycles. The lowest BCUT2D eigenvalue weighted by atomic mass is 9.91. The summed E-state index contributed by atoms with van der Waals surface area (Å²) in [5, 5.41) is 1.02. The van der Waals surface area contributed by atoms with Crippen molar-refractivity contribution in [2.45, 2.75) is 36.6 Å².